The van der Waals surface area contributed by atoms with Crippen LogP contribution in [-0.2, 0) is 4.79 Å². The largest absolute Gasteiger partial charge is 0.323 e. The Bertz CT molecular complexity index is 461. The van der Waals surface area contributed by atoms with Gasteiger partial charge in [0.15, 0.2) is 0 Å². The predicted octanol–water partition coefficient (Wildman–Crippen LogP) is 4.10. The molecule has 0 saturated heterocycles. The molecule has 3 nitrogen and oxygen atoms in total. The Labute approximate surface area is 122 Å². The van der Waals surface area contributed by atoms with E-state index in [1.165, 1.54) is 12.1 Å². The van der Waals surface area contributed by atoms with Gasteiger partial charge in [0, 0.05) is 0 Å². The molecule has 0 saturated carbocycles. The third kappa shape index (κ3) is 3.75. The summed E-state index contributed by atoms with van der Waals surface area (Å²) in [7, 11) is 0. The standard InChI is InChI=1S/C12H15Cl3N2O/c1-3-4-12(2,16)11(18)17-10-6-8(14)7(13)5-9(10)15/h5-6H,3-4,16H2,1-2H3,(H,17,18). The summed E-state index contributed by atoms with van der Waals surface area (Å²) in [5.41, 5.74) is 5.39. The lowest BCUT2D eigenvalue weighted by atomic mass is 9.96. The van der Waals surface area contributed by atoms with Crippen LogP contribution in [0.4, 0.5) is 5.69 Å². The van der Waals surface area contributed by atoms with Crippen LogP contribution in [0, 0.1) is 0 Å². The number of carbonyl (C=O) groups excluding carboxylic acids is 1. The van der Waals surface area contributed by atoms with Gasteiger partial charge in [-0.3, -0.25) is 4.79 Å². The van der Waals surface area contributed by atoms with E-state index in [0.717, 1.165) is 6.42 Å². The van der Waals surface area contributed by atoms with Gasteiger partial charge in [-0.2, -0.15) is 0 Å². The highest BCUT2D eigenvalue weighted by Crippen LogP contribution is 2.32. The lowest BCUT2D eigenvalue weighted by Gasteiger charge is -2.23. The molecule has 3 N–H and O–H groups in total. The highest BCUT2D eigenvalue weighted by molar-refractivity contribution is 6.44. The van der Waals surface area contributed by atoms with Gasteiger partial charge in [0.1, 0.15) is 0 Å². The molecular formula is C12H15Cl3N2O. The summed E-state index contributed by atoms with van der Waals surface area (Å²) in [6.07, 6.45) is 1.40. The normalized spacial score (nSPS) is 14.1. The zero-order valence-corrected chi connectivity index (χ0v) is 12.5. The Morgan fingerprint density at radius 1 is 1.28 bits per heavy atom. The summed E-state index contributed by atoms with van der Waals surface area (Å²) < 4.78 is 0. The van der Waals surface area contributed by atoms with Gasteiger partial charge in [-0.15, -0.1) is 0 Å². The van der Waals surface area contributed by atoms with E-state index in [1.807, 2.05) is 6.92 Å². The molecule has 0 spiro atoms. The number of carbonyl (C=O) groups is 1. The smallest absolute Gasteiger partial charge is 0.244 e. The molecule has 0 aliphatic rings. The lowest BCUT2D eigenvalue weighted by Crippen LogP contribution is -2.48. The molecule has 1 aromatic rings. The van der Waals surface area contributed by atoms with E-state index < -0.39 is 5.54 Å². The molecule has 0 aliphatic carbocycles. The first-order valence-corrected chi connectivity index (χ1v) is 6.66. The number of nitrogens with two attached hydrogens (primary N) is 1. The highest BCUT2D eigenvalue weighted by Gasteiger charge is 2.27. The average Bonchev–Trinajstić information content (AvgIpc) is 2.25. The Morgan fingerprint density at radius 2 is 1.83 bits per heavy atom. The van der Waals surface area contributed by atoms with E-state index >= 15 is 0 Å². The molecular weight excluding hydrogens is 295 g/mol. The molecule has 0 fully saturated rings. The van der Waals surface area contributed by atoms with E-state index in [0.29, 0.717) is 27.2 Å². The molecule has 18 heavy (non-hydrogen) atoms. The fourth-order valence-electron chi connectivity index (χ4n) is 1.52. The number of anilines is 1. The Morgan fingerprint density at radius 3 is 2.39 bits per heavy atom. The Kier molecular flexibility index (Phi) is 5.29. The lowest BCUT2D eigenvalue weighted by molar-refractivity contribution is -0.120. The molecule has 0 heterocycles. The van der Waals surface area contributed by atoms with Gasteiger partial charge in [-0.25, -0.2) is 0 Å². The van der Waals surface area contributed by atoms with Crippen molar-refractivity contribution in [3.05, 3.63) is 27.2 Å². The maximum Gasteiger partial charge on any atom is 0.244 e. The molecule has 1 rings (SSSR count). The van der Waals surface area contributed by atoms with Crippen molar-refractivity contribution in [1.29, 1.82) is 0 Å². The third-order valence-electron chi connectivity index (χ3n) is 2.55. The second kappa shape index (κ2) is 6.11. The van der Waals surface area contributed by atoms with Gasteiger partial charge < -0.3 is 11.1 Å². The maximum absolute atomic E-state index is 12.0. The number of benzene rings is 1. The minimum atomic E-state index is -0.940. The summed E-state index contributed by atoms with van der Waals surface area (Å²) in [5.74, 6) is -0.301. The molecule has 0 bridgehead atoms. The van der Waals surface area contributed by atoms with E-state index in [2.05, 4.69) is 5.32 Å². The van der Waals surface area contributed by atoms with Crippen molar-refractivity contribution in [2.75, 3.05) is 5.32 Å². The van der Waals surface area contributed by atoms with Crippen LogP contribution >= 0.6 is 34.8 Å². The van der Waals surface area contributed by atoms with Crippen LogP contribution < -0.4 is 11.1 Å². The molecule has 0 aromatic heterocycles. The Hall–Kier alpha value is -0.480. The second-order valence-electron chi connectivity index (χ2n) is 4.37. The fourth-order valence-corrected chi connectivity index (χ4v) is 2.11. The van der Waals surface area contributed by atoms with Crippen molar-refractivity contribution in [3.63, 3.8) is 0 Å². The monoisotopic (exact) mass is 308 g/mol. The number of nitrogens with one attached hydrogen (secondary N) is 1. The fraction of sp³-hybridized carbons (Fsp3) is 0.417. The van der Waals surface area contributed by atoms with E-state index in [-0.39, 0.29) is 5.91 Å². The zero-order valence-electron chi connectivity index (χ0n) is 10.2. The summed E-state index contributed by atoms with van der Waals surface area (Å²) in [6, 6.07) is 2.99. The average molecular weight is 310 g/mol. The highest BCUT2D eigenvalue weighted by atomic mass is 35.5. The Balaban J connectivity index is 2.92. The maximum atomic E-state index is 12.0. The van der Waals surface area contributed by atoms with Crippen LogP contribution in [0.15, 0.2) is 12.1 Å². The number of hydrogen-bond donors (Lipinski definition) is 2. The second-order valence-corrected chi connectivity index (χ2v) is 5.59. The van der Waals surface area contributed by atoms with Crippen molar-refractivity contribution in [2.45, 2.75) is 32.2 Å². The van der Waals surface area contributed by atoms with Gasteiger partial charge in [-0.05, 0) is 25.5 Å². The molecule has 6 heteroatoms. The van der Waals surface area contributed by atoms with Crippen LogP contribution in [-0.4, -0.2) is 11.4 Å². The van der Waals surface area contributed by atoms with Crippen LogP contribution in [0.25, 0.3) is 0 Å². The predicted molar refractivity (Wildman–Crippen MR) is 77.6 cm³/mol. The van der Waals surface area contributed by atoms with Gasteiger partial charge in [-0.1, -0.05) is 48.1 Å². The molecule has 1 atom stereocenters. The minimum absolute atomic E-state index is 0.301. The first-order valence-electron chi connectivity index (χ1n) is 5.53. The van der Waals surface area contributed by atoms with Crippen LogP contribution in [0.1, 0.15) is 26.7 Å². The quantitative estimate of drug-likeness (QED) is 0.823. The van der Waals surface area contributed by atoms with Crippen LogP contribution in [0.3, 0.4) is 0 Å². The molecule has 0 aliphatic heterocycles. The number of hydrogen-bond acceptors (Lipinski definition) is 2. The number of amides is 1. The van der Waals surface area contributed by atoms with Gasteiger partial charge in [0.2, 0.25) is 5.91 Å². The van der Waals surface area contributed by atoms with Crippen molar-refractivity contribution in [1.82, 2.24) is 0 Å². The summed E-state index contributed by atoms with van der Waals surface area (Å²) in [4.78, 5) is 12.0. The van der Waals surface area contributed by atoms with Crippen molar-refractivity contribution < 1.29 is 4.79 Å². The van der Waals surface area contributed by atoms with Crippen molar-refractivity contribution in [2.24, 2.45) is 5.73 Å². The van der Waals surface area contributed by atoms with Crippen LogP contribution in [0.5, 0.6) is 0 Å². The number of rotatable bonds is 4. The zero-order chi connectivity index (χ0) is 13.9. The van der Waals surface area contributed by atoms with Gasteiger partial charge >= 0.3 is 0 Å². The summed E-state index contributed by atoms with van der Waals surface area (Å²) >= 11 is 17.7. The SMILES string of the molecule is CCCC(C)(N)C(=O)Nc1cc(Cl)c(Cl)cc1Cl. The van der Waals surface area contributed by atoms with Crippen molar-refractivity contribution >= 4 is 46.4 Å². The molecule has 1 unspecified atom stereocenters. The summed E-state index contributed by atoms with van der Waals surface area (Å²) in [6.45, 7) is 3.64. The number of halogens is 3. The van der Waals surface area contributed by atoms with Crippen molar-refractivity contribution in [3.8, 4) is 0 Å². The first kappa shape index (κ1) is 15.6. The van der Waals surface area contributed by atoms with Gasteiger partial charge in [0.05, 0.1) is 26.3 Å². The van der Waals surface area contributed by atoms with Crippen LogP contribution in [0.2, 0.25) is 15.1 Å². The first-order chi connectivity index (χ1) is 8.27. The molecule has 1 aromatic carbocycles. The molecule has 1 amide bonds. The van der Waals surface area contributed by atoms with Gasteiger partial charge in [0.25, 0.3) is 0 Å². The third-order valence-corrected chi connectivity index (χ3v) is 3.58. The van der Waals surface area contributed by atoms with E-state index in [4.69, 9.17) is 40.5 Å². The molecule has 100 valence electrons. The van der Waals surface area contributed by atoms with E-state index in [9.17, 15) is 4.79 Å². The minimum Gasteiger partial charge on any atom is -0.323 e. The molecule has 0 radical (unpaired) electrons. The summed E-state index contributed by atoms with van der Waals surface area (Å²) in [5, 5.41) is 3.65. The van der Waals surface area contributed by atoms with E-state index in [1.54, 1.807) is 6.92 Å². The topological polar surface area (TPSA) is 55.1 Å².